The highest BCUT2D eigenvalue weighted by atomic mass is 16.5. The summed E-state index contributed by atoms with van der Waals surface area (Å²) in [6, 6.07) is 7.21. The van der Waals surface area contributed by atoms with Crippen LogP contribution >= 0.6 is 0 Å². The van der Waals surface area contributed by atoms with Crippen molar-refractivity contribution < 1.29 is 19.1 Å². The molecule has 1 rings (SSSR count). The summed E-state index contributed by atoms with van der Waals surface area (Å²) in [5.41, 5.74) is 0.657. The number of unbranched alkanes of at least 4 members (excludes halogenated alkanes) is 2. The van der Waals surface area contributed by atoms with Gasteiger partial charge in [0.2, 0.25) is 0 Å². The van der Waals surface area contributed by atoms with Gasteiger partial charge < -0.3 is 9.47 Å². The van der Waals surface area contributed by atoms with Crippen LogP contribution in [0.1, 0.15) is 62.7 Å². The quantitative estimate of drug-likeness (QED) is 0.350. The number of ether oxygens (including phenoxy) is 2. The van der Waals surface area contributed by atoms with Crippen LogP contribution in [-0.4, -0.2) is 25.0 Å². The number of carbonyl (C=O) groups is 2. The number of Topliss-reactive ketones (excluding diaryl/α,β-unsaturated/α-hetero) is 1. The predicted octanol–water partition coefficient (Wildman–Crippen LogP) is 4.17. The van der Waals surface area contributed by atoms with Crippen LogP contribution < -0.4 is 4.74 Å². The van der Waals surface area contributed by atoms with E-state index in [9.17, 15) is 9.59 Å². The zero-order chi connectivity index (χ0) is 16.2. The molecule has 122 valence electrons. The molecule has 0 aromatic heterocycles. The van der Waals surface area contributed by atoms with E-state index in [2.05, 4.69) is 6.92 Å². The van der Waals surface area contributed by atoms with E-state index in [0.29, 0.717) is 31.6 Å². The van der Waals surface area contributed by atoms with E-state index in [4.69, 9.17) is 9.47 Å². The number of ketones is 1. The molecule has 1 aromatic rings. The molecule has 0 aliphatic rings. The highest BCUT2D eigenvalue weighted by Gasteiger charge is 2.08. The Morgan fingerprint density at radius 3 is 2.32 bits per heavy atom. The molecule has 4 nitrogen and oxygen atoms in total. The second-order valence-electron chi connectivity index (χ2n) is 5.16. The van der Waals surface area contributed by atoms with Crippen molar-refractivity contribution in [2.75, 3.05) is 13.2 Å². The first kappa shape index (κ1) is 18.2. The molecule has 0 aliphatic carbocycles. The fourth-order valence-electron chi connectivity index (χ4n) is 2.05. The molecule has 0 aliphatic heterocycles. The maximum Gasteiger partial charge on any atom is 0.305 e. The van der Waals surface area contributed by atoms with Crippen molar-refractivity contribution in [2.24, 2.45) is 0 Å². The molecule has 0 atom stereocenters. The number of carbonyl (C=O) groups excluding carboxylic acids is 2. The third-order valence-corrected chi connectivity index (χ3v) is 3.28. The maximum atomic E-state index is 12.0. The summed E-state index contributed by atoms with van der Waals surface area (Å²) in [4.78, 5) is 23.2. The fraction of sp³-hybridized carbons (Fsp3) is 0.556. The Hall–Kier alpha value is -1.84. The van der Waals surface area contributed by atoms with Gasteiger partial charge in [-0.15, -0.1) is 0 Å². The molecule has 0 radical (unpaired) electrons. The van der Waals surface area contributed by atoms with Crippen molar-refractivity contribution >= 4 is 11.8 Å². The molecule has 22 heavy (non-hydrogen) atoms. The van der Waals surface area contributed by atoms with Crippen molar-refractivity contribution in [3.8, 4) is 5.75 Å². The van der Waals surface area contributed by atoms with Gasteiger partial charge in [-0.25, -0.2) is 0 Å². The van der Waals surface area contributed by atoms with E-state index >= 15 is 0 Å². The van der Waals surface area contributed by atoms with E-state index in [1.54, 1.807) is 19.1 Å². The van der Waals surface area contributed by atoms with E-state index in [1.807, 2.05) is 12.1 Å². The minimum absolute atomic E-state index is 0.0434. The lowest BCUT2D eigenvalue weighted by molar-refractivity contribution is -0.143. The monoisotopic (exact) mass is 306 g/mol. The van der Waals surface area contributed by atoms with Crippen LogP contribution in [0.15, 0.2) is 24.3 Å². The van der Waals surface area contributed by atoms with Crippen LogP contribution in [0.5, 0.6) is 5.75 Å². The summed E-state index contributed by atoms with van der Waals surface area (Å²) in [7, 11) is 0. The average molecular weight is 306 g/mol. The van der Waals surface area contributed by atoms with Crippen molar-refractivity contribution in [1.29, 1.82) is 0 Å². The van der Waals surface area contributed by atoms with Gasteiger partial charge in [-0.05, 0) is 44.0 Å². The lowest BCUT2D eigenvalue weighted by Crippen LogP contribution is -2.06. The summed E-state index contributed by atoms with van der Waals surface area (Å²) in [6.45, 7) is 5.02. The standard InChI is InChI=1S/C18H26O4/c1-3-5-6-14-22-16-12-10-15(11-13-16)17(19)8-7-9-18(20)21-4-2/h10-13H,3-9,14H2,1-2H3. The summed E-state index contributed by atoms with van der Waals surface area (Å²) in [5, 5.41) is 0. The highest BCUT2D eigenvalue weighted by molar-refractivity contribution is 5.96. The van der Waals surface area contributed by atoms with Gasteiger partial charge in [0.25, 0.3) is 0 Å². The molecule has 0 bridgehead atoms. The van der Waals surface area contributed by atoms with Crippen LogP contribution in [0.2, 0.25) is 0 Å². The third kappa shape index (κ3) is 7.25. The van der Waals surface area contributed by atoms with Crippen LogP contribution in [-0.2, 0) is 9.53 Å². The molecule has 0 saturated carbocycles. The number of hydrogen-bond acceptors (Lipinski definition) is 4. The van der Waals surface area contributed by atoms with Crippen molar-refractivity contribution in [2.45, 2.75) is 52.4 Å². The minimum Gasteiger partial charge on any atom is -0.494 e. The molecule has 0 N–H and O–H groups in total. The van der Waals surface area contributed by atoms with Crippen molar-refractivity contribution in [3.05, 3.63) is 29.8 Å². The fourth-order valence-corrected chi connectivity index (χ4v) is 2.05. The lowest BCUT2D eigenvalue weighted by atomic mass is 10.1. The highest BCUT2D eigenvalue weighted by Crippen LogP contribution is 2.15. The average Bonchev–Trinajstić information content (AvgIpc) is 2.52. The Morgan fingerprint density at radius 2 is 1.68 bits per heavy atom. The predicted molar refractivity (Wildman–Crippen MR) is 86.3 cm³/mol. The molecular weight excluding hydrogens is 280 g/mol. The number of esters is 1. The van der Waals surface area contributed by atoms with Crippen LogP contribution in [0.4, 0.5) is 0 Å². The van der Waals surface area contributed by atoms with Gasteiger partial charge >= 0.3 is 5.97 Å². The van der Waals surface area contributed by atoms with Crippen LogP contribution in [0, 0.1) is 0 Å². The minimum atomic E-state index is -0.244. The Labute approximate surface area is 132 Å². The SMILES string of the molecule is CCCCCOc1ccc(C(=O)CCCC(=O)OCC)cc1. The van der Waals surface area contributed by atoms with Crippen molar-refractivity contribution in [1.82, 2.24) is 0 Å². The Balaban J connectivity index is 2.32. The summed E-state index contributed by atoms with van der Waals surface area (Å²) in [6.07, 6.45) is 4.55. The Bertz CT molecular complexity index is 451. The number of hydrogen-bond donors (Lipinski definition) is 0. The molecule has 0 spiro atoms. The molecule has 0 fully saturated rings. The topological polar surface area (TPSA) is 52.6 Å². The molecule has 0 saturated heterocycles. The molecule has 0 amide bonds. The van der Waals surface area contributed by atoms with Gasteiger partial charge in [0.15, 0.2) is 5.78 Å². The van der Waals surface area contributed by atoms with Crippen molar-refractivity contribution in [3.63, 3.8) is 0 Å². The molecule has 0 unspecified atom stereocenters. The number of rotatable bonds is 11. The van der Waals surface area contributed by atoms with Crippen LogP contribution in [0.25, 0.3) is 0 Å². The van der Waals surface area contributed by atoms with Gasteiger partial charge in [0.1, 0.15) is 5.75 Å². The van der Waals surface area contributed by atoms with E-state index in [-0.39, 0.29) is 18.2 Å². The van der Waals surface area contributed by atoms with Crippen LogP contribution in [0.3, 0.4) is 0 Å². The van der Waals surface area contributed by atoms with E-state index in [0.717, 1.165) is 18.6 Å². The van der Waals surface area contributed by atoms with E-state index < -0.39 is 0 Å². The van der Waals surface area contributed by atoms with Gasteiger partial charge in [-0.1, -0.05) is 19.8 Å². The largest absolute Gasteiger partial charge is 0.494 e. The van der Waals surface area contributed by atoms with Gasteiger partial charge in [0.05, 0.1) is 13.2 Å². The maximum absolute atomic E-state index is 12.0. The normalized spacial score (nSPS) is 10.3. The first-order valence-corrected chi connectivity index (χ1v) is 8.09. The second-order valence-corrected chi connectivity index (χ2v) is 5.16. The smallest absolute Gasteiger partial charge is 0.305 e. The first-order chi connectivity index (χ1) is 10.7. The summed E-state index contributed by atoms with van der Waals surface area (Å²) in [5.74, 6) is 0.590. The Morgan fingerprint density at radius 1 is 0.955 bits per heavy atom. The Kier molecular flexibility index (Phi) is 8.96. The van der Waals surface area contributed by atoms with Gasteiger partial charge in [-0.2, -0.15) is 0 Å². The second kappa shape index (κ2) is 10.8. The third-order valence-electron chi connectivity index (χ3n) is 3.28. The van der Waals surface area contributed by atoms with Gasteiger partial charge in [0, 0.05) is 18.4 Å². The molecule has 1 aromatic carbocycles. The van der Waals surface area contributed by atoms with E-state index in [1.165, 1.54) is 6.42 Å². The molecular formula is C18H26O4. The lowest BCUT2D eigenvalue weighted by Gasteiger charge is -2.06. The molecule has 0 heterocycles. The summed E-state index contributed by atoms with van der Waals surface area (Å²) >= 11 is 0. The zero-order valence-corrected chi connectivity index (χ0v) is 13.6. The first-order valence-electron chi connectivity index (χ1n) is 8.09. The van der Waals surface area contributed by atoms with Gasteiger partial charge in [-0.3, -0.25) is 9.59 Å². The molecule has 4 heteroatoms. The number of benzene rings is 1. The zero-order valence-electron chi connectivity index (χ0n) is 13.6. The summed E-state index contributed by atoms with van der Waals surface area (Å²) < 4.78 is 10.4.